The van der Waals surface area contributed by atoms with Gasteiger partial charge in [-0.15, -0.1) is 0 Å². The standard InChI is InChI=1S/C28H31N3O6/c1-5-34-23-14-20(26-21(15-29)27(30)37-18(4)25(26)28(33)35-6-2)12-13-22(23)36-16-24(32)31-17(3)19-10-8-7-9-11-19/h7-14,17,26H,5-6,16,30H2,1-4H3,(H,31,32). The van der Waals surface area contributed by atoms with Crippen LogP contribution < -0.4 is 20.5 Å². The van der Waals surface area contributed by atoms with E-state index in [-0.39, 0.29) is 48.0 Å². The molecule has 0 saturated carbocycles. The van der Waals surface area contributed by atoms with Crippen molar-refractivity contribution in [3.8, 4) is 17.6 Å². The second-order valence-electron chi connectivity index (χ2n) is 8.24. The highest BCUT2D eigenvalue weighted by atomic mass is 16.5. The molecule has 0 radical (unpaired) electrons. The topological polar surface area (TPSA) is 133 Å². The van der Waals surface area contributed by atoms with Gasteiger partial charge in [0.25, 0.3) is 5.91 Å². The smallest absolute Gasteiger partial charge is 0.338 e. The van der Waals surface area contributed by atoms with E-state index in [1.807, 2.05) is 44.2 Å². The van der Waals surface area contributed by atoms with Crippen LogP contribution in [0.2, 0.25) is 0 Å². The molecule has 9 nitrogen and oxygen atoms in total. The average molecular weight is 506 g/mol. The molecule has 2 aromatic carbocycles. The number of benzene rings is 2. The second kappa shape index (κ2) is 12.5. The number of hydrogen-bond donors (Lipinski definition) is 2. The Kier molecular flexibility index (Phi) is 9.16. The van der Waals surface area contributed by atoms with E-state index in [2.05, 4.69) is 11.4 Å². The molecule has 0 bridgehead atoms. The molecule has 2 unspecified atom stereocenters. The van der Waals surface area contributed by atoms with Crippen molar-refractivity contribution < 1.29 is 28.5 Å². The summed E-state index contributed by atoms with van der Waals surface area (Å²) in [7, 11) is 0. The molecule has 0 aliphatic carbocycles. The van der Waals surface area contributed by atoms with Gasteiger partial charge in [0.2, 0.25) is 5.88 Å². The van der Waals surface area contributed by atoms with Crippen LogP contribution in [-0.2, 0) is 19.1 Å². The number of nitrogens with two attached hydrogens (primary N) is 1. The number of nitrogens with one attached hydrogen (secondary N) is 1. The molecular formula is C28H31N3O6. The van der Waals surface area contributed by atoms with Crippen LogP contribution in [0, 0.1) is 11.3 Å². The molecule has 0 aromatic heterocycles. The van der Waals surface area contributed by atoms with E-state index in [0.717, 1.165) is 5.56 Å². The molecule has 1 aliphatic heterocycles. The van der Waals surface area contributed by atoms with Crippen LogP contribution in [0.25, 0.3) is 0 Å². The molecule has 0 fully saturated rings. The molecule has 1 aliphatic rings. The van der Waals surface area contributed by atoms with Crippen LogP contribution in [0.15, 0.2) is 71.3 Å². The molecule has 37 heavy (non-hydrogen) atoms. The van der Waals surface area contributed by atoms with E-state index in [9.17, 15) is 14.9 Å². The summed E-state index contributed by atoms with van der Waals surface area (Å²) in [6, 6.07) is 16.5. The van der Waals surface area contributed by atoms with E-state index in [0.29, 0.717) is 23.7 Å². The van der Waals surface area contributed by atoms with Gasteiger partial charge >= 0.3 is 5.97 Å². The van der Waals surface area contributed by atoms with Crippen LogP contribution in [0.1, 0.15) is 50.8 Å². The lowest BCUT2D eigenvalue weighted by atomic mass is 9.83. The predicted molar refractivity (Wildman–Crippen MR) is 136 cm³/mol. The molecular weight excluding hydrogens is 474 g/mol. The van der Waals surface area contributed by atoms with Gasteiger partial charge in [-0.2, -0.15) is 5.26 Å². The molecule has 9 heteroatoms. The number of ether oxygens (including phenoxy) is 4. The number of nitriles is 1. The number of hydrogen-bond acceptors (Lipinski definition) is 8. The van der Waals surface area contributed by atoms with Crippen molar-refractivity contribution in [3.05, 3.63) is 82.4 Å². The molecule has 2 aromatic rings. The van der Waals surface area contributed by atoms with Gasteiger partial charge < -0.3 is 30.0 Å². The maximum atomic E-state index is 12.8. The normalized spacial score (nSPS) is 15.8. The Labute approximate surface area is 216 Å². The first-order chi connectivity index (χ1) is 17.8. The number of allylic oxidation sites excluding steroid dienone is 2. The first kappa shape index (κ1) is 27.1. The lowest BCUT2D eigenvalue weighted by Crippen LogP contribution is -2.31. The van der Waals surface area contributed by atoms with Crippen molar-refractivity contribution in [2.24, 2.45) is 5.73 Å². The van der Waals surface area contributed by atoms with Crippen LogP contribution in [0.5, 0.6) is 11.5 Å². The molecule has 0 saturated heterocycles. The summed E-state index contributed by atoms with van der Waals surface area (Å²) in [4.78, 5) is 25.3. The third-order valence-corrected chi connectivity index (χ3v) is 5.74. The number of amides is 1. The number of nitrogens with zero attached hydrogens (tertiary/aromatic N) is 1. The summed E-state index contributed by atoms with van der Waals surface area (Å²) in [6.45, 7) is 7.25. The van der Waals surface area contributed by atoms with Crippen molar-refractivity contribution in [2.75, 3.05) is 19.8 Å². The summed E-state index contributed by atoms with van der Waals surface area (Å²) in [5, 5.41) is 12.7. The van der Waals surface area contributed by atoms with Gasteiger partial charge in [0.1, 0.15) is 17.4 Å². The van der Waals surface area contributed by atoms with Gasteiger partial charge in [0, 0.05) is 0 Å². The van der Waals surface area contributed by atoms with Crippen molar-refractivity contribution >= 4 is 11.9 Å². The first-order valence-corrected chi connectivity index (χ1v) is 12.0. The summed E-state index contributed by atoms with van der Waals surface area (Å²) >= 11 is 0. The minimum atomic E-state index is -0.818. The SMILES string of the molecule is CCOC(=O)C1=C(C)OC(N)=C(C#N)C1c1ccc(OCC(=O)NC(C)c2ccccc2)c(OCC)c1. The molecule has 194 valence electrons. The van der Waals surface area contributed by atoms with E-state index in [4.69, 9.17) is 24.7 Å². The van der Waals surface area contributed by atoms with Crippen LogP contribution >= 0.6 is 0 Å². The van der Waals surface area contributed by atoms with Gasteiger partial charge in [0.05, 0.1) is 30.7 Å². The van der Waals surface area contributed by atoms with Gasteiger partial charge in [0.15, 0.2) is 18.1 Å². The average Bonchev–Trinajstić information content (AvgIpc) is 2.88. The first-order valence-electron chi connectivity index (χ1n) is 12.0. The Morgan fingerprint density at radius 2 is 1.84 bits per heavy atom. The Morgan fingerprint density at radius 1 is 1.11 bits per heavy atom. The van der Waals surface area contributed by atoms with Crippen LogP contribution in [-0.4, -0.2) is 31.7 Å². The fraction of sp³-hybridized carbons (Fsp3) is 0.321. The van der Waals surface area contributed by atoms with Crippen molar-refractivity contribution in [3.63, 3.8) is 0 Å². The van der Waals surface area contributed by atoms with E-state index < -0.39 is 11.9 Å². The maximum Gasteiger partial charge on any atom is 0.338 e. The largest absolute Gasteiger partial charge is 0.490 e. The Bertz CT molecular complexity index is 1250. The summed E-state index contributed by atoms with van der Waals surface area (Å²) in [6.07, 6.45) is 0. The van der Waals surface area contributed by atoms with Gasteiger partial charge in [-0.3, -0.25) is 4.79 Å². The molecule has 2 atom stereocenters. The number of rotatable bonds is 10. The maximum absolute atomic E-state index is 12.8. The van der Waals surface area contributed by atoms with Crippen molar-refractivity contribution in [1.29, 1.82) is 5.26 Å². The van der Waals surface area contributed by atoms with E-state index >= 15 is 0 Å². The molecule has 1 amide bonds. The summed E-state index contributed by atoms with van der Waals surface area (Å²) < 4.78 is 22.2. The number of carbonyl (C=O) groups excluding carboxylic acids is 2. The minimum Gasteiger partial charge on any atom is -0.490 e. The third kappa shape index (κ3) is 6.41. The molecule has 0 spiro atoms. The second-order valence-corrected chi connectivity index (χ2v) is 8.24. The monoisotopic (exact) mass is 505 g/mol. The Balaban J connectivity index is 1.85. The van der Waals surface area contributed by atoms with Gasteiger partial charge in [-0.1, -0.05) is 36.4 Å². The van der Waals surface area contributed by atoms with Crippen molar-refractivity contribution in [2.45, 2.75) is 39.7 Å². The molecule has 3 N–H and O–H groups in total. The van der Waals surface area contributed by atoms with Crippen LogP contribution in [0.3, 0.4) is 0 Å². The van der Waals surface area contributed by atoms with Crippen molar-refractivity contribution in [1.82, 2.24) is 5.32 Å². The highest BCUT2D eigenvalue weighted by molar-refractivity contribution is 5.92. The number of carbonyl (C=O) groups is 2. The summed E-state index contributed by atoms with van der Waals surface area (Å²) in [5.74, 6) is -0.851. The third-order valence-electron chi connectivity index (χ3n) is 5.74. The zero-order valence-electron chi connectivity index (χ0n) is 21.4. The highest BCUT2D eigenvalue weighted by Crippen LogP contribution is 2.42. The zero-order chi connectivity index (χ0) is 26.9. The highest BCUT2D eigenvalue weighted by Gasteiger charge is 2.36. The van der Waals surface area contributed by atoms with Crippen LogP contribution in [0.4, 0.5) is 0 Å². The zero-order valence-corrected chi connectivity index (χ0v) is 21.4. The van der Waals surface area contributed by atoms with Gasteiger partial charge in [-0.25, -0.2) is 4.79 Å². The summed E-state index contributed by atoms with van der Waals surface area (Å²) in [5.41, 5.74) is 7.78. The van der Waals surface area contributed by atoms with E-state index in [1.165, 1.54) is 0 Å². The molecule has 1 heterocycles. The number of esters is 1. The fourth-order valence-corrected chi connectivity index (χ4v) is 4.03. The minimum absolute atomic E-state index is 0.0825. The predicted octanol–water partition coefficient (Wildman–Crippen LogP) is 3.99. The van der Waals surface area contributed by atoms with E-state index in [1.54, 1.807) is 32.0 Å². The Hall–Kier alpha value is -4.45. The Morgan fingerprint density at radius 3 is 2.49 bits per heavy atom. The lowest BCUT2D eigenvalue weighted by Gasteiger charge is -2.27. The fourth-order valence-electron chi connectivity index (χ4n) is 4.03. The van der Waals surface area contributed by atoms with Gasteiger partial charge in [-0.05, 0) is 51.0 Å². The lowest BCUT2D eigenvalue weighted by molar-refractivity contribution is -0.139. The quantitative estimate of drug-likeness (QED) is 0.463. The molecule has 3 rings (SSSR count).